The van der Waals surface area contributed by atoms with Crippen molar-refractivity contribution in [3.8, 4) is 0 Å². The van der Waals surface area contributed by atoms with Gasteiger partial charge in [0.25, 0.3) is 0 Å². The van der Waals surface area contributed by atoms with Gasteiger partial charge >= 0.3 is 0 Å². The first kappa shape index (κ1) is 12.7. The third kappa shape index (κ3) is 11.7. The lowest BCUT2D eigenvalue weighted by Crippen LogP contribution is -1.97. The minimum atomic E-state index is 0.731. The number of ether oxygens (including phenoxy) is 1. The third-order valence-corrected chi connectivity index (χ3v) is 1.99. The highest BCUT2D eigenvalue weighted by atomic mass is 16.5. The lowest BCUT2D eigenvalue weighted by Gasteiger charge is -2.03. The van der Waals surface area contributed by atoms with E-state index in [4.69, 9.17) is 4.74 Å². The van der Waals surface area contributed by atoms with Crippen molar-refractivity contribution >= 4 is 0 Å². The predicted octanol–water partition coefficient (Wildman–Crippen LogP) is 3.94. The van der Waals surface area contributed by atoms with Gasteiger partial charge in [0, 0.05) is 6.61 Å². The monoisotopic (exact) mass is 184 g/mol. The van der Waals surface area contributed by atoms with Crippen molar-refractivity contribution in [1.82, 2.24) is 0 Å². The van der Waals surface area contributed by atoms with Crippen LogP contribution in [0.5, 0.6) is 0 Å². The molecule has 0 heterocycles. The summed E-state index contributed by atoms with van der Waals surface area (Å²) in [7, 11) is 0. The summed E-state index contributed by atoms with van der Waals surface area (Å²) < 4.78 is 5.40. The molecule has 0 bridgehead atoms. The van der Waals surface area contributed by atoms with E-state index in [9.17, 15) is 0 Å². The predicted molar refractivity (Wildman–Crippen MR) is 59.0 cm³/mol. The highest BCUT2D eigenvalue weighted by Crippen LogP contribution is 2.05. The normalized spacial score (nSPS) is 10.3. The Morgan fingerprint density at radius 2 is 1.69 bits per heavy atom. The fourth-order valence-corrected chi connectivity index (χ4v) is 1.23. The maximum atomic E-state index is 5.40. The molecule has 0 aliphatic carbocycles. The Balaban J connectivity index is 2.87. The number of hydrogen-bond acceptors (Lipinski definition) is 1. The molecule has 0 saturated heterocycles. The molecule has 0 saturated carbocycles. The second-order valence-corrected chi connectivity index (χ2v) is 3.78. The van der Waals surface area contributed by atoms with Gasteiger partial charge in [-0.3, -0.25) is 0 Å². The van der Waals surface area contributed by atoms with E-state index in [0.717, 1.165) is 18.8 Å². The molecule has 0 radical (unpaired) electrons. The molecule has 0 unspecified atom stereocenters. The van der Waals surface area contributed by atoms with E-state index in [0.29, 0.717) is 0 Å². The minimum absolute atomic E-state index is 0.731. The SMILES string of the molecule is C=C(C)COCCCCCCCC. The zero-order valence-electron chi connectivity index (χ0n) is 9.27. The Morgan fingerprint density at radius 1 is 1.08 bits per heavy atom. The molecule has 0 spiro atoms. The van der Waals surface area contributed by atoms with Gasteiger partial charge in [-0.25, -0.2) is 0 Å². The molecule has 1 heteroatoms. The lowest BCUT2D eigenvalue weighted by molar-refractivity contribution is 0.151. The first-order valence-electron chi connectivity index (χ1n) is 5.49. The summed E-state index contributed by atoms with van der Waals surface area (Å²) in [6.45, 7) is 9.67. The third-order valence-electron chi connectivity index (χ3n) is 1.99. The van der Waals surface area contributed by atoms with Crippen LogP contribution in [-0.2, 0) is 4.74 Å². The van der Waals surface area contributed by atoms with Crippen molar-refractivity contribution in [1.29, 1.82) is 0 Å². The van der Waals surface area contributed by atoms with E-state index in [1.807, 2.05) is 6.92 Å². The van der Waals surface area contributed by atoms with Crippen molar-refractivity contribution in [3.05, 3.63) is 12.2 Å². The first-order valence-corrected chi connectivity index (χ1v) is 5.49. The van der Waals surface area contributed by atoms with Crippen molar-refractivity contribution < 1.29 is 4.74 Å². The summed E-state index contributed by atoms with van der Waals surface area (Å²) in [5, 5.41) is 0. The fraction of sp³-hybridized carbons (Fsp3) is 0.833. The van der Waals surface area contributed by atoms with Crippen LogP contribution >= 0.6 is 0 Å². The molecule has 13 heavy (non-hydrogen) atoms. The smallest absolute Gasteiger partial charge is 0.0671 e. The molecular formula is C12H24O. The molecule has 0 rings (SSSR count). The largest absolute Gasteiger partial charge is 0.377 e. The quantitative estimate of drug-likeness (QED) is 0.389. The maximum Gasteiger partial charge on any atom is 0.0671 e. The first-order chi connectivity index (χ1) is 6.27. The van der Waals surface area contributed by atoms with Crippen LogP contribution in [0.25, 0.3) is 0 Å². The van der Waals surface area contributed by atoms with Crippen LogP contribution in [0, 0.1) is 0 Å². The summed E-state index contributed by atoms with van der Waals surface area (Å²) in [6.07, 6.45) is 7.98. The van der Waals surface area contributed by atoms with Gasteiger partial charge in [-0.15, -0.1) is 0 Å². The Labute approximate surface area is 83.2 Å². The zero-order chi connectivity index (χ0) is 9.94. The molecule has 0 N–H and O–H groups in total. The van der Waals surface area contributed by atoms with Gasteiger partial charge in [-0.1, -0.05) is 51.2 Å². The molecule has 0 aromatic heterocycles. The van der Waals surface area contributed by atoms with Crippen molar-refractivity contribution in [2.24, 2.45) is 0 Å². The molecule has 0 aromatic rings. The van der Waals surface area contributed by atoms with Gasteiger partial charge in [0.05, 0.1) is 6.61 Å². The van der Waals surface area contributed by atoms with Gasteiger partial charge in [-0.05, 0) is 13.3 Å². The van der Waals surface area contributed by atoms with Crippen molar-refractivity contribution in [2.45, 2.75) is 52.4 Å². The minimum Gasteiger partial charge on any atom is -0.377 e. The number of rotatable bonds is 9. The Kier molecular flexibility index (Phi) is 9.56. The lowest BCUT2D eigenvalue weighted by atomic mass is 10.1. The molecule has 0 amide bonds. The number of unbranched alkanes of at least 4 members (excludes halogenated alkanes) is 5. The summed E-state index contributed by atoms with van der Waals surface area (Å²) >= 11 is 0. The highest BCUT2D eigenvalue weighted by molar-refractivity contribution is 4.87. The van der Waals surface area contributed by atoms with E-state index in [-0.39, 0.29) is 0 Å². The van der Waals surface area contributed by atoms with Crippen LogP contribution in [0.3, 0.4) is 0 Å². The van der Waals surface area contributed by atoms with Crippen LogP contribution in [0.4, 0.5) is 0 Å². The molecule has 0 aromatic carbocycles. The van der Waals surface area contributed by atoms with E-state index < -0.39 is 0 Å². The summed E-state index contributed by atoms with van der Waals surface area (Å²) in [4.78, 5) is 0. The molecule has 0 fully saturated rings. The van der Waals surface area contributed by atoms with Crippen LogP contribution in [0.15, 0.2) is 12.2 Å². The van der Waals surface area contributed by atoms with E-state index in [1.54, 1.807) is 0 Å². The Morgan fingerprint density at radius 3 is 2.31 bits per heavy atom. The van der Waals surface area contributed by atoms with E-state index in [1.165, 1.54) is 38.5 Å². The summed E-state index contributed by atoms with van der Waals surface area (Å²) in [6, 6.07) is 0. The average Bonchev–Trinajstić information content (AvgIpc) is 2.09. The molecule has 0 atom stereocenters. The van der Waals surface area contributed by atoms with Crippen LogP contribution in [0.1, 0.15) is 52.4 Å². The summed E-state index contributed by atoms with van der Waals surface area (Å²) in [5.74, 6) is 0. The van der Waals surface area contributed by atoms with Gasteiger partial charge in [0.15, 0.2) is 0 Å². The van der Waals surface area contributed by atoms with Crippen molar-refractivity contribution in [3.63, 3.8) is 0 Å². The molecular weight excluding hydrogens is 160 g/mol. The second kappa shape index (κ2) is 9.79. The highest BCUT2D eigenvalue weighted by Gasteiger charge is 1.90. The van der Waals surface area contributed by atoms with Crippen LogP contribution in [0.2, 0.25) is 0 Å². The fourth-order valence-electron chi connectivity index (χ4n) is 1.23. The average molecular weight is 184 g/mol. The Bertz CT molecular complexity index is 118. The van der Waals surface area contributed by atoms with Gasteiger partial charge in [0.2, 0.25) is 0 Å². The molecule has 1 nitrogen and oxygen atoms in total. The molecule has 78 valence electrons. The van der Waals surface area contributed by atoms with Crippen molar-refractivity contribution in [2.75, 3.05) is 13.2 Å². The van der Waals surface area contributed by atoms with Gasteiger partial charge in [-0.2, -0.15) is 0 Å². The summed E-state index contributed by atoms with van der Waals surface area (Å²) in [5.41, 5.74) is 1.12. The Hall–Kier alpha value is -0.300. The molecule has 0 aliphatic heterocycles. The van der Waals surface area contributed by atoms with Gasteiger partial charge in [0.1, 0.15) is 0 Å². The number of hydrogen-bond donors (Lipinski definition) is 0. The zero-order valence-corrected chi connectivity index (χ0v) is 9.27. The van der Waals surface area contributed by atoms with Crippen LogP contribution in [-0.4, -0.2) is 13.2 Å². The molecule has 0 aliphatic rings. The van der Waals surface area contributed by atoms with E-state index in [2.05, 4.69) is 13.5 Å². The van der Waals surface area contributed by atoms with Crippen LogP contribution < -0.4 is 0 Å². The van der Waals surface area contributed by atoms with E-state index >= 15 is 0 Å². The van der Waals surface area contributed by atoms with Gasteiger partial charge < -0.3 is 4.74 Å². The standard InChI is InChI=1S/C12H24O/c1-4-5-6-7-8-9-10-13-11-12(2)3/h2,4-11H2,1,3H3. The topological polar surface area (TPSA) is 9.23 Å². The second-order valence-electron chi connectivity index (χ2n) is 3.78. The maximum absolute atomic E-state index is 5.40.